The maximum absolute atomic E-state index is 13.8. The minimum atomic E-state index is -0.287. The average Bonchev–Trinajstić information content (AvgIpc) is 2.31. The predicted molar refractivity (Wildman–Crippen MR) is 76.7 cm³/mol. The van der Waals surface area contributed by atoms with Crippen LogP contribution in [0.3, 0.4) is 0 Å². The molecule has 5 heteroatoms. The highest BCUT2D eigenvalue weighted by molar-refractivity contribution is 9.10. The van der Waals surface area contributed by atoms with Crippen LogP contribution in [-0.2, 0) is 0 Å². The van der Waals surface area contributed by atoms with Crippen LogP contribution in [0.5, 0.6) is 0 Å². The third kappa shape index (κ3) is 2.82. The van der Waals surface area contributed by atoms with Gasteiger partial charge in [0.15, 0.2) is 0 Å². The second kappa shape index (κ2) is 5.24. The summed E-state index contributed by atoms with van der Waals surface area (Å²) in [5.74, 6) is 0.405. The van der Waals surface area contributed by atoms with Gasteiger partial charge in [0.1, 0.15) is 16.8 Å². The fourth-order valence-corrected chi connectivity index (χ4v) is 2.15. The van der Waals surface area contributed by atoms with E-state index in [1.54, 1.807) is 24.3 Å². The van der Waals surface area contributed by atoms with Crippen LogP contribution in [0, 0.1) is 5.82 Å². The minimum Gasteiger partial charge on any atom is -0.363 e. The summed E-state index contributed by atoms with van der Waals surface area (Å²) in [6.07, 6.45) is 0. The zero-order valence-corrected chi connectivity index (χ0v) is 12.3. The Kier molecular flexibility index (Phi) is 3.88. The van der Waals surface area contributed by atoms with Crippen LogP contribution in [-0.4, -0.2) is 19.1 Å². The molecule has 1 aromatic heterocycles. The third-order valence-electron chi connectivity index (χ3n) is 2.48. The molecule has 0 aliphatic carbocycles. The van der Waals surface area contributed by atoms with Gasteiger partial charge in [-0.2, -0.15) is 0 Å². The van der Waals surface area contributed by atoms with E-state index in [0.717, 1.165) is 4.47 Å². The lowest BCUT2D eigenvalue weighted by molar-refractivity contribution is 0.631. The molecule has 1 heterocycles. The molecule has 94 valence electrons. The molecule has 0 amide bonds. The quantitative estimate of drug-likeness (QED) is 0.761. The maximum atomic E-state index is 13.8. The second-order valence-electron chi connectivity index (χ2n) is 4.06. The lowest BCUT2D eigenvalue weighted by Crippen LogP contribution is -2.10. The van der Waals surface area contributed by atoms with Crippen LogP contribution >= 0.6 is 27.5 Å². The molecule has 0 aliphatic heterocycles. The van der Waals surface area contributed by atoms with Crippen molar-refractivity contribution >= 4 is 33.3 Å². The zero-order chi connectivity index (χ0) is 13.3. The van der Waals surface area contributed by atoms with E-state index >= 15 is 0 Å². The molecule has 2 aromatic rings. The summed E-state index contributed by atoms with van der Waals surface area (Å²) < 4.78 is 14.6. The molecule has 0 N–H and O–H groups in total. The van der Waals surface area contributed by atoms with Crippen molar-refractivity contribution in [2.75, 3.05) is 19.0 Å². The summed E-state index contributed by atoms with van der Waals surface area (Å²) in [6, 6.07) is 8.26. The molecule has 0 saturated heterocycles. The zero-order valence-electron chi connectivity index (χ0n) is 9.92. The summed E-state index contributed by atoms with van der Waals surface area (Å²) >= 11 is 9.30. The Balaban J connectivity index is 2.60. The van der Waals surface area contributed by atoms with E-state index in [0.29, 0.717) is 22.1 Å². The monoisotopic (exact) mass is 328 g/mol. The second-order valence-corrected chi connectivity index (χ2v) is 5.36. The van der Waals surface area contributed by atoms with Gasteiger partial charge in [-0.05, 0) is 35.9 Å². The normalized spacial score (nSPS) is 10.5. The summed E-state index contributed by atoms with van der Waals surface area (Å²) in [6.45, 7) is 0. The molecule has 0 unspecified atom stereocenters. The Morgan fingerprint density at radius 1 is 1.22 bits per heavy atom. The van der Waals surface area contributed by atoms with Gasteiger partial charge in [0.25, 0.3) is 0 Å². The molecule has 0 radical (unpaired) electrons. The molecule has 0 atom stereocenters. The Morgan fingerprint density at radius 2 is 1.94 bits per heavy atom. The van der Waals surface area contributed by atoms with E-state index in [1.807, 2.05) is 19.0 Å². The van der Waals surface area contributed by atoms with Gasteiger partial charge in [-0.15, -0.1) is 0 Å². The van der Waals surface area contributed by atoms with E-state index in [1.165, 1.54) is 6.07 Å². The molecular weight excluding hydrogens is 319 g/mol. The number of rotatable bonds is 2. The van der Waals surface area contributed by atoms with Gasteiger partial charge in [0.2, 0.25) is 0 Å². The lowest BCUT2D eigenvalue weighted by atomic mass is 10.1. The van der Waals surface area contributed by atoms with Gasteiger partial charge >= 0.3 is 0 Å². The highest BCUT2D eigenvalue weighted by Gasteiger charge is 2.09. The van der Waals surface area contributed by atoms with Gasteiger partial charge in [0, 0.05) is 24.1 Å². The maximum Gasteiger partial charge on any atom is 0.132 e. The van der Waals surface area contributed by atoms with Crippen LogP contribution < -0.4 is 4.90 Å². The van der Waals surface area contributed by atoms with E-state index < -0.39 is 0 Å². The Bertz CT molecular complexity index is 587. The summed E-state index contributed by atoms with van der Waals surface area (Å²) in [5.41, 5.74) is 1.20. The minimum absolute atomic E-state index is 0.287. The molecule has 0 saturated carbocycles. The van der Waals surface area contributed by atoms with Gasteiger partial charge in [-0.1, -0.05) is 27.5 Å². The first-order chi connectivity index (χ1) is 8.47. The van der Waals surface area contributed by atoms with E-state index in [9.17, 15) is 4.39 Å². The first kappa shape index (κ1) is 13.3. The Labute approximate surface area is 119 Å². The molecule has 1 aromatic carbocycles. The number of anilines is 1. The standard InChI is InChI=1S/C13H11BrClFN2/c1-18(2)13-6-8(5-12(15)17-13)10-7-9(14)3-4-11(10)16/h3-7H,1-2H3. The van der Waals surface area contributed by atoms with Crippen LogP contribution in [0.1, 0.15) is 0 Å². The first-order valence-corrected chi connectivity index (χ1v) is 6.45. The molecule has 0 aliphatic rings. The molecular formula is C13H11BrClFN2. The van der Waals surface area contributed by atoms with Crippen molar-refractivity contribution in [3.63, 3.8) is 0 Å². The van der Waals surface area contributed by atoms with Crippen molar-refractivity contribution in [1.82, 2.24) is 4.98 Å². The van der Waals surface area contributed by atoms with Crippen molar-refractivity contribution in [1.29, 1.82) is 0 Å². The van der Waals surface area contributed by atoms with Crippen molar-refractivity contribution in [2.24, 2.45) is 0 Å². The molecule has 0 fully saturated rings. The molecule has 2 rings (SSSR count). The number of hydrogen-bond acceptors (Lipinski definition) is 2. The van der Waals surface area contributed by atoms with Crippen LogP contribution in [0.15, 0.2) is 34.8 Å². The number of hydrogen-bond donors (Lipinski definition) is 0. The Morgan fingerprint density at radius 3 is 2.61 bits per heavy atom. The van der Waals surface area contributed by atoms with Crippen molar-refractivity contribution in [2.45, 2.75) is 0 Å². The largest absolute Gasteiger partial charge is 0.363 e. The predicted octanol–water partition coefficient (Wildman–Crippen LogP) is 4.37. The number of nitrogens with zero attached hydrogens (tertiary/aromatic N) is 2. The van der Waals surface area contributed by atoms with Crippen LogP contribution in [0.25, 0.3) is 11.1 Å². The van der Waals surface area contributed by atoms with Crippen LogP contribution in [0.4, 0.5) is 10.2 Å². The fraction of sp³-hybridized carbons (Fsp3) is 0.154. The Hall–Kier alpha value is -1.13. The van der Waals surface area contributed by atoms with Gasteiger partial charge in [0.05, 0.1) is 0 Å². The van der Waals surface area contributed by atoms with Gasteiger partial charge in [-0.3, -0.25) is 0 Å². The summed E-state index contributed by atoms with van der Waals surface area (Å²) in [7, 11) is 3.72. The van der Waals surface area contributed by atoms with Crippen molar-refractivity contribution < 1.29 is 4.39 Å². The first-order valence-electron chi connectivity index (χ1n) is 5.27. The highest BCUT2D eigenvalue weighted by Crippen LogP contribution is 2.29. The van der Waals surface area contributed by atoms with Crippen LogP contribution in [0.2, 0.25) is 5.15 Å². The topological polar surface area (TPSA) is 16.1 Å². The number of halogens is 3. The SMILES string of the molecule is CN(C)c1cc(-c2cc(Br)ccc2F)cc(Cl)n1. The third-order valence-corrected chi connectivity index (χ3v) is 3.17. The lowest BCUT2D eigenvalue weighted by Gasteiger charge is -2.13. The van der Waals surface area contributed by atoms with Gasteiger partial charge in [-0.25, -0.2) is 9.37 Å². The number of aromatic nitrogens is 1. The molecule has 2 nitrogen and oxygen atoms in total. The summed E-state index contributed by atoms with van der Waals surface area (Å²) in [4.78, 5) is 5.99. The van der Waals surface area contributed by atoms with Gasteiger partial charge < -0.3 is 4.90 Å². The number of benzene rings is 1. The molecule has 0 spiro atoms. The molecule has 0 bridgehead atoms. The number of pyridine rings is 1. The molecule has 18 heavy (non-hydrogen) atoms. The van der Waals surface area contributed by atoms with E-state index in [2.05, 4.69) is 20.9 Å². The summed E-state index contributed by atoms with van der Waals surface area (Å²) in [5, 5.41) is 0.343. The fourth-order valence-electron chi connectivity index (χ4n) is 1.59. The van der Waals surface area contributed by atoms with E-state index in [-0.39, 0.29) is 5.82 Å². The average molecular weight is 330 g/mol. The smallest absolute Gasteiger partial charge is 0.132 e. The van der Waals surface area contributed by atoms with E-state index in [4.69, 9.17) is 11.6 Å². The van der Waals surface area contributed by atoms with Crippen molar-refractivity contribution in [3.05, 3.63) is 45.8 Å². The highest BCUT2D eigenvalue weighted by atomic mass is 79.9. The van der Waals surface area contributed by atoms with Crippen molar-refractivity contribution in [3.8, 4) is 11.1 Å².